The number of hydrogen-bond acceptors (Lipinski definition) is 5. The molecular formula is C14H18N6. The summed E-state index contributed by atoms with van der Waals surface area (Å²) in [5, 5.41) is 0.844. The lowest BCUT2D eigenvalue weighted by atomic mass is 10.2. The van der Waals surface area contributed by atoms with E-state index in [0.29, 0.717) is 17.1 Å². The molecule has 2 N–H and O–H groups in total. The zero-order valence-corrected chi connectivity index (χ0v) is 11.6. The molecule has 0 unspecified atom stereocenters. The van der Waals surface area contributed by atoms with E-state index in [2.05, 4.69) is 26.9 Å². The third kappa shape index (κ3) is 2.29. The fourth-order valence-electron chi connectivity index (χ4n) is 2.33. The Hall–Kier alpha value is -2.24. The molecule has 0 saturated carbocycles. The molecule has 3 aromatic heterocycles. The van der Waals surface area contributed by atoms with E-state index in [0.717, 1.165) is 23.9 Å². The van der Waals surface area contributed by atoms with Crippen LogP contribution in [0.25, 0.3) is 22.2 Å². The molecule has 0 aliphatic carbocycles. The number of nitrogens with zero attached hydrogens (tertiary/aromatic N) is 5. The number of aryl methyl sites for hydroxylation is 1. The summed E-state index contributed by atoms with van der Waals surface area (Å²) >= 11 is 0. The van der Waals surface area contributed by atoms with Crippen LogP contribution < -0.4 is 5.73 Å². The summed E-state index contributed by atoms with van der Waals surface area (Å²) in [4.78, 5) is 17.0. The zero-order chi connectivity index (χ0) is 13.9. The second-order valence-corrected chi connectivity index (χ2v) is 4.96. The molecule has 0 aliphatic rings. The van der Waals surface area contributed by atoms with E-state index in [4.69, 9.17) is 5.73 Å². The Labute approximate surface area is 117 Å². The molecule has 6 nitrogen and oxygen atoms in total. The first-order valence-corrected chi connectivity index (χ1v) is 7.01. The minimum Gasteiger partial charge on any atom is -0.384 e. The largest absolute Gasteiger partial charge is 0.384 e. The van der Waals surface area contributed by atoms with Gasteiger partial charge >= 0.3 is 0 Å². The number of nitrogen functional groups attached to an aromatic ring is 1. The molecule has 0 saturated heterocycles. The van der Waals surface area contributed by atoms with E-state index >= 15 is 0 Å². The number of aromatic nitrogens is 5. The average molecular weight is 270 g/mol. The van der Waals surface area contributed by atoms with Gasteiger partial charge in [0.15, 0.2) is 11.3 Å². The fraction of sp³-hybridized carbons (Fsp3) is 0.429. The van der Waals surface area contributed by atoms with Crippen LogP contribution in [-0.4, -0.2) is 24.5 Å². The van der Waals surface area contributed by atoms with Gasteiger partial charge in [-0.05, 0) is 12.5 Å². The summed E-state index contributed by atoms with van der Waals surface area (Å²) in [6, 6.07) is 1.91. The highest BCUT2D eigenvalue weighted by Gasteiger charge is 2.08. The van der Waals surface area contributed by atoms with Crippen LogP contribution in [0, 0.1) is 0 Å². The van der Waals surface area contributed by atoms with Crippen LogP contribution in [0.5, 0.6) is 0 Å². The van der Waals surface area contributed by atoms with Crippen LogP contribution in [0.1, 0.15) is 32.6 Å². The Kier molecular flexibility index (Phi) is 3.45. The molecule has 0 spiro atoms. The molecule has 0 bridgehead atoms. The summed E-state index contributed by atoms with van der Waals surface area (Å²) in [6.45, 7) is 3.09. The number of fused-ring (bicyclic) bond motifs is 2. The summed E-state index contributed by atoms with van der Waals surface area (Å²) in [7, 11) is 0. The molecule has 6 heteroatoms. The Morgan fingerprint density at radius 3 is 2.85 bits per heavy atom. The van der Waals surface area contributed by atoms with Gasteiger partial charge in [0.2, 0.25) is 0 Å². The molecular weight excluding hydrogens is 252 g/mol. The number of anilines is 1. The monoisotopic (exact) mass is 270 g/mol. The normalized spacial score (nSPS) is 11.4. The quantitative estimate of drug-likeness (QED) is 0.720. The van der Waals surface area contributed by atoms with E-state index < -0.39 is 0 Å². The molecule has 3 heterocycles. The maximum absolute atomic E-state index is 6.23. The molecule has 0 atom stereocenters. The zero-order valence-electron chi connectivity index (χ0n) is 11.6. The molecule has 0 aliphatic heterocycles. The van der Waals surface area contributed by atoms with Gasteiger partial charge in [0.05, 0.1) is 11.7 Å². The Morgan fingerprint density at radius 1 is 1.10 bits per heavy atom. The predicted octanol–water partition coefficient (Wildman–Crippen LogP) is 2.54. The van der Waals surface area contributed by atoms with E-state index in [9.17, 15) is 0 Å². The van der Waals surface area contributed by atoms with Gasteiger partial charge in [0.1, 0.15) is 17.7 Å². The van der Waals surface area contributed by atoms with Gasteiger partial charge in [0.25, 0.3) is 0 Å². The van der Waals surface area contributed by atoms with Gasteiger partial charge in [-0.25, -0.2) is 19.9 Å². The number of pyridine rings is 1. The SMILES string of the molecule is CCCCCCn1cnc2nc3ncnc3cc2c1N. The molecule has 104 valence electrons. The van der Waals surface area contributed by atoms with Gasteiger partial charge in [-0.3, -0.25) is 0 Å². The third-order valence-corrected chi connectivity index (χ3v) is 3.50. The minimum absolute atomic E-state index is 0.616. The van der Waals surface area contributed by atoms with Crippen molar-refractivity contribution in [3.05, 3.63) is 18.7 Å². The molecule has 0 radical (unpaired) electrons. The van der Waals surface area contributed by atoms with Gasteiger partial charge < -0.3 is 10.3 Å². The average Bonchev–Trinajstić information content (AvgIpc) is 2.91. The van der Waals surface area contributed by atoms with E-state index in [1.54, 1.807) is 6.33 Å². The Bertz CT molecular complexity index is 733. The van der Waals surface area contributed by atoms with Crippen LogP contribution in [0.4, 0.5) is 5.82 Å². The summed E-state index contributed by atoms with van der Waals surface area (Å²) < 4.78 is 1.99. The predicted molar refractivity (Wildman–Crippen MR) is 79.2 cm³/mol. The lowest BCUT2D eigenvalue weighted by Crippen LogP contribution is -2.08. The number of imidazole rings is 1. The first kappa shape index (κ1) is 12.8. The maximum Gasteiger partial charge on any atom is 0.181 e. The first-order chi connectivity index (χ1) is 9.79. The van der Waals surface area contributed by atoms with Crippen molar-refractivity contribution in [2.45, 2.75) is 39.2 Å². The van der Waals surface area contributed by atoms with Crippen molar-refractivity contribution in [2.75, 3.05) is 5.73 Å². The highest BCUT2D eigenvalue weighted by Crippen LogP contribution is 2.21. The van der Waals surface area contributed by atoms with Crippen molar-refractivity contribution in [2.24, 2.45) is 0 Å². The van der Waals surface area contributed by atoms with Crippen LogP contribution >= 0.6 is 0 Å². The number of nitrogens with two attached hydrogens (primary N) is 1. The summed E-state index contributed by atoms with van der Waals surface area (Å²) in [5.41, 5.74) is 8.23. The lowest BCUT2D eigenvalue weighted by Gasteiger charge is -2.11. The standard InChI is InChI=1S/C14H18N6/c1-2-3-4-5-6-20-9-18-13-10(12(20)15)7-11-14(19-13)17-8-16-11/h7-9H,2-6,15H2,1H3. The van der Waals surface area contributed by atoms with Crippen molar-refractivity contribution >= 4 is 28.0 Å². The molecule has 0 amide bonds. The topological polar surface area (TPSA) is 82.5 Å². The highest BCUT2D eigenvalue weighted by molar-refractivity contribution is 5.93. The van der Waals surface area contributed by atoms with Crippen LogP contribution in [0.15, 0.2) is 18.7 Å². The third-order valence-electron chi connectivity index (χ3n) is 3.50. The van der Waals surface area contributed by atoms with Crippen molar-refractivity contribution in [3.63, 3.8) is 0 Å². The molecule has 3 aromatic rings. The first-order valence-electron chi connectivity index (χ1n) is 7.01. The molecule has 0 fully saturated rings. The lowest BCUT2D eigenvalue weighted by molar-refractivity contribution is 0.581. The number of rotatable bonds is 5. The summed E-state index contributed by atoms with van der Waals surface area (Å²) in [5.74, 6) is 0.698. The van der Waals surface area contributed by atoms with E-state index in [-0.39, 0.29) is 0 Å². The fourth-order valence-corrected chi connectivity index (χ4v) is 2.33. The Balaban J connectivity index is 1.94. The van der Waals surface area contributed by atoms with Gasteiger partial charge in [-0.2, -0.15) is 0 Å². The van der Waals surface area contributed by atoms with Crippen LogP contribution in [0.2, 0.25) is 0 Å². The second kappa shape index (κ2) is 5.40. The number of hydrogen-bond donors (Lipinski definition) is 1. The minimum atomic E-state index is 0.616. The van der Waals surface area contributed by atoms with Crippen molar-refractivity contribution in [1.29, 1.82) is 0 Å². The smallest absolute Gasteiger partial charge is 0.181 e. The molecule has 3 rings (SSSR count). The van der Waals surface area contributed by atoms with Crippen molar-refractivity contribution in [1.82, 2.24) is 24.5 Å². The van der Waals surface area contributed by atoms with Crippen molar-refractivity contribution in [3.8, 4) is 0 Å². The van der Waals surface area contributed by atoms with Crippen LogP contribution in [-0.2, 0) is 6.54 Å². The highest BCUT2D eigenvalue weighted by atomic mass is 15.1. The van der Waals surface area contributed by atoms with Gasteiger partial charge in [-0.1, -0.05) is 26.2 Å². The van der Waals surface area contributed by atoms with Gasteiger partial charge in [-0.15, -0.1) is 0 Å². The van der Waals surface area contributed by atoms with Crippen molar-refractivity contribution < 1.29 is 0 Å². The maximum atomic E-state index is 6.23. The molecule has 20 heavy (non-hydrogen) atoms. The van der Waals surface area contributed by atoms with Crippen LogP contribution in [0.3, 0.4) is 0 Å². The molecule has 0 aromatic carbocycles. The second-order valence-electron chi connectivity index (χ2n) is 4.96. The number of unbranched alkanes of at least 4 members (excludes halogenated alkanes) is 3. The Morgan fingerprint density at radius 2 is 2.00 bits per heavy atom. The van der Waals surface area contributed by atoms with E-state index in [1.807, 2.05) is 10.6 Å². The van der Waals surface area contributed by atoms with Gasteiger partial charge in [0, 0.05) is 6.54 Å². The van der Waals surface area contributed by atoms with E-state index in [1.165, 1.54) is 25.6 Å². The summed E-state index contributed by atoms with van der Waals surface area (Å²) in [6.07, 6.45) is 8.08.